The highest BCUT2D eigenvalue weighted by molar-refractivity contribution is 5.97. The van der Waals surface area contributed by atoms with E-state index in [0.29, 0.717) is 12.8 Å². The number of aromatic amines is 1. The third kappa shape index (κ3) is 11.8. The molecule has 8 unspecified atom stereocenters. The fourth-order valence-electron chi connectivity index (χ4n) is 6.06. The van der Waals surface area contributed by atoms with Crippen LogP contribution in [0.3, 0.4) is 0 Å². The normalized spacial score (nSPS) is 26.3. The molecule has 8 atom stereocenters. The Kier molecular flexibility index (Phi) is 15.8. The average molecular weight is 739 g/mol. The third-order valence-corrected chi connectivity index (χ3v) is 9.97. The van der Waals surface area contributed by atoms with Gasteiger partial charge in [0.15, 0.2) is 0 Å². The Balaban J connectivity index is 1.95. The maximum Gasteiger partial charge on any atom is 0.243 e. The predicted molar refractivity (Wildman–Crippen MR) is 201 cm³/mol. The Morgan fingerprint density at radius 2 is 1.17 bits per heavy atom. The van der Waals surface area contributed by atoms with E-state index in [-0.39, 0.29) is 43.6 Å². The van der Waals surface area contributed by atoms with Crippen LogP contribution in [0.5, 0.6) is 0 Å². The SMILES string of the molecule is CCC(C)C1NC(=O)C(C(C)C)NC(=O)C(C)NC(=O)CCCNC(=O)C(Cc2c[nH]c3ccccc23)NC(=O)C(C)NC(=O)C(C(C)CC)NC1=O. The van der Waals surface area contributed by atoms with Gasteiger partial charge in [-0.05, 0) is 49.7 Å². The van der Waals surface area contributed by atoms with E-state index in [1.165, 1.54) is 13.8 Å². The molecule has 0 bridgehead atoms. The predicted octanol–water partition coefficient (Wildman–Crippen LogP) is 1.32. The van der Waals surface area contributed by atoms with Crippen molar-refractivity contribution >= 4 is 52.3 Å². The molecule has 292 valence electrons. The maximum absolute atomic E-state index is 13.8. The Morgan fingerprint density at radius 3 is 1.77 bits per heavy atom. The Hall–Kier alpha value is -4.95. The molecule has 8 N–H and O–H groups in total. The van der Waals surface area contributed by atoms with E-state index in [9.17, 15) is 33.6 Å². The van der Waals surface area contributed by atoms with E-state index in [4.69, 9.17) is 0 Å². The van der Waals surface area contributed by atoms with Crippen molar-refractivity contribution in [2.75, 3.05) is 6.54 Å². The van der Waals surface area contributed by atoms with Gasteiger partial charge in [-0.3, -0.25) is 33.6 Å². The molecule has 1 aliphatic rings. The van der Waals surface area contributed by atoms with Gasteiger partial charge in [-0.15, -0.1) is 0 Å². The van der Waals surface area contributed by atoms with Gasteiger partial charge in [0.25, 0.3) is 0 Å². The number of amides is 7. The lowest BCUT2D eigenvalue weighted by Gasteiger charge is -2.31. The number of fused-ring (bicyclic) bond motifs is 1. The minimum absolute atomic E-state index is 0.00240. The summed E-state index contributed by atoms with van der Waals surface area (Å²) in [7, 11) is 0. The molecule has 15 nitrogen and oxygen atoms in total. The van der Waals surface area contributed by atoms with Crippen LogP contribution in [0.25, 0.3) is 10.9 Å². The number of benzene rings is 1. The molecule has 1 fully saturated rings. The van der Waals surface area contributed by atoms with Crippen LogP contribution < -0.4 is 37.2 Å². The van der Waals surface area contributed by atoms with Crippen molar-refractivity contribution in [1.29, 1.82) is 0 Å². The zero-order valence-corrected chi connectivity index (χ0v) is 32.2. The van der Waals surface area contributed by atoms with Gasteiger partial charge < -0.3 is 42.2 Å². The molecule has 0 saturated carbocycles. The molecule has 7 amide bonds. The molecule has 1 saturated heterocycles. The second kappa shape index (κ2) is 19.8. The monoisotopic (exact) mass is 738 g/mol. The van der Waals surface area contributed by atoms with E-state index < -0.39 is 77.6 Å². The highest BCUT2D eigenvalue weighted by atomic mass is 16.2. The van der Waals surface area contributed by atoms with Crippen LogP contribution in [0.15, 0.2) is 30.5 Å². The van der Waals surface area contributed by atoms with Crippen LogP contribution in [0, 0.1) is 17.8 Å². The first-order chi connectivity index (χ1) is 25.1. The van der Waals surface area contributed by atoms with Gasteiger partial charge in [-0.2, -0.15) is 0 Å². The molecule has 0 spiro atoms. The topological polar surface area (TPSA) is 219 Å². The summed E-state index contributed by atoms with van der Waals surface area (Å²) in [6.07, 6.45) is 3.20. The summed E-state index contributed by atoms with van der Waals surface area (Å²) >= 11 is 0. The highest BCUT2D eigenvalue weighted by Gasteiger charge is 2.36. The van der Waals surface area contributed by atoms with Crippen LogP contribution >= 0.6 is 0 Å². The zero-order valence-electron chi connectivity index (χ0n) is 32.2. The molecule has 1 aromatic carbocycles. The number of carbonyl (C=O) groups excluding carboxylic acids is 7. The van der Waals surface area contributed by atoms with E-state index >= 15 is 0 Å². The second-order valence-corrected chi connectivity index (χ2v) is 14.5. The minimum atomic E-state index is -1.09. The summed E-state index contributed by atoms with van der Waals surface area (Å²) in [5.74, 6) is -4.94. The molecule has 1 aromatic heterocycles. The second-order valence-electron chi connectivity index (χ2n) is 14.5. The molecular weight excluding hydrogens is 680 g/mol. The Bertz CT molecular complexity index is 1620. The van der Waals surface area contributed by atoms with Gasteiger partial charge >= 0.3 is 0 Å². The van der Waals surface area contributed by atoms with Gasteiger partial charge in [-0.1, -0.05) is 72.6 Å². The van der Waals surface area contributed by atoms with Crippen LogP contribution in [0.4, 0.5) is 0 Å². The quantitative estimate of drug-likeness (QED) is 0.208. The van der Waals surface area contributed by atoms with Crippen LogP contribution in [-0.2, 0) is 40.0 Å². The first-order valence-electron chi connectivity index (χ1n) is 18.7. The number of aromatic nitrogens is 1. The summed E-state index contributed by atoms with van der Waals surface area (Å²) in [5.41, 5.74) is 1.66. The lowest BCUT2D eigenvalue weighted by atomic mass is 9.94. The summed E-state index contributed by atoms with van der Waals surface area (Å²) in [6, 6.07) is 1.35. The summed E-state index contributed by atoms with van der Waals surface area (Å²) < 4.78 is 0. The minimum Gasteiger partial charge on any atom is -0.361 e. The molecule has 3 rings (SSSR count). The Morgan fingerprint density at radius 1 is 0.642 bits per heavy atom. The number of nitrogens with one attached hydrogen (secondary N) is 8. The molecule has 1 aliphatic heterocycles. The number of para-hydroxylation sites is 1. The first-order valence-corrected chi connectivity index (χ1v) is 18.7. The van der Waals surface area contributed by atoms with Gasteiger partial charge in [-0.25, -0.2) is 0 Å². The van der Waals surface area contributed by atoms with Crippen molar-refractivity contribution in [3.63, 3.8) is 0 Å². The summed E-state index contributed by atoms with van der Waals surface area (Å²) in [5, 5.41) is 20.1. The number of hydrogen-bond acceptors (Lipinski definition) is 7. The lowest BCUT2D eigenvalue weighted by Crippen LogP contribution is -2.62. The zero-order chi connectivity index (χ0) is 39.4. The van der Waals surface area contributed by atoms with E-state index in [0.717, 1.165) is 16.5 Å². The first kappa shape index (κ1) is 42.5. The largest absolute Gasteiger partial charge is 0.361 e. The third-order valence-electron chi connectivity index (χ3n) is 9.97. The summed E-state index contributed by atoms with van der Waals surface area (Å²) in [4.78, 5) is 97.4. The molecule has 0 radical (unpaired) electrons. The van der Waals surface area contributed by atoms with E-state index in [1.54, 1.807) is 33.9 Å². The molecular formula is C38H58N8O7. The van der Waals surface area contributed by atoms with Crippen molar-refractivity contribution in [1.82, 2.24) is 42.2 Å². The molecule has 2 heterocycles. The fourth-order valence-corrected chi connectivity index (χ4v) is 6.06. The summed E-state index contributed by atoms with van der Waals surface area (Å²) in [6.45, 7) is 13.9. The molecule has 2 aromatic rings. The Labute approximate surface area is 311 Å². The van der Waals surface area contributed by atoms with Gasteiger partial charge in [0, 0.05) is 36.5 Å². The van der Waals surface area contributed by atoms with Crippen molar-refractivity contribution in [2.24, 2.45) is 17.8 Å². The average Bonchev–Trinajstić information content (AvgIpc) is 3.53. The lowest BCUT2D eigenvalue weighted by molar-refractivity contribution is -0.137. The standard InChI is InChI=1S/C38H58N8O7/c1-9-21(5)31-37(52)42-24(8)33(48)43-28(18-25-19-40-27-15-12-11-14-26(25)27)35(50)39-17-13-16-29(47)41-23(7)34(49)44-30(20(3)4)36(51)45-32(22(6)10-2)38(53)46-31/h11-12,14-15,19-24,28,30-32,40H,9-10,13,16-18H2,1-8H3,(H,39,50)(H,41,47)(H,42,52)(H,43,48)(H,44,49)(H,45,51)(H,46,53). The highest BCUT2D eigenvalue weighted by Crippen LogP contribution is 2.20. The number of H-pyrrole nitrogens is 1. The number of hydrogen-bond donors (Lipinski definition) is 8. The van der Waals surface area contributed by atoms with E-state index in [1.807, 2.05) is 38.1 Å². The van der Waals surface area contributed by atoms with Crippen LogP contribution in [0.1, 0.15) is 86.6 Å². The number of carbonyl (C=O) groups is 7. The van der Waals surface area contributed by atoms with E-state index in [2.05, 4.69) is 42.2 Å². The molecule has 15 heteroatoms. The molecule has 53 heavy (non-hydrogen) atoms. The van der Waals surface area contributed by atoms with Gasteiger partial charge in [0.2, 0.25) is 41.4 Å². The maximum atomic E-state index is 13.8. The molecule has 0 aliphatic carbocycles. The van der Waals surface area contributed by atoms with Crippen molar-refractivity contribution in [3.05, 3.63) is 36.0 Å². The van der Waals surface area contributed by atoms with Crippen molar-refractivity contribution in [2.45, 2.75) is 124 Å². The van der Waals surface area contributed by atoms with Gasteiger partial charge in [0.1, 0.15) is 36.3 Å². The van der Waals surface area contributed by atoms with Crippen LogP contribution in [0.2, 0.25) is 0 Å². The van der Waals surface area contributed by atoms with Crippen molar-refractivity contribution < 1.29 is 33.6 Å². The van der Waals surface area contributed by atoms with Crippen molar-refractivity contribution in [3.8, 4) is 0 Å². The van der Waals surface area contributed by atoms with Crippen LogP contribution in [-0.4, -0.2) is 89.1 Å². The smallest absolute Gasteiger partial charge is 0.243 e. The van der Waals surface area contributed by atoms with Gasteiger partial charge in [0.05, 0.1) is 0 Å². The fraction of sp³-hybridized carbons (Fsp3) is 0.605. The number of rotatable bonds is 7.